The first-order chi connectivity index (χ1) is 12.9. The number of methoxy groups -OCH3 is 1. The summed E-state index contributed by atoms with van der Waals surface area (Å²) in [6.07, 6.45) is 1.03. The molecule has 0 aliphatic heterocycles. The van der Waals surface area contributed by atoms with E-state index >= 15 is 0 Å². The van der Waals surface area contributed by atoms with Gasteiger partial charge in [-0.3, -0.25) is 9.59 Å². The van der Waals surface area contributed by atoms with E-state index in [2.05, 4.69) is 5.32 Å². The standard InChI is InChI=1S/C22H28N2O3/c1-16-5-8-20(15-17(16)2)24(18(3)25)14-12-22(26)23-13-11-19-6-9-21(27-4)10-7-19/h5-10,15H,11-14H2,1-4H3,(H,23,26). The summed E-state index contributed by atoms with van der Waals surface area (Å²) in [6.45, 7) is 6.51. The van der Waals surface area contributed by atoms with Gasteiger partial charge < -0.3 is 15.0 Å². The van der Waals surface area contributed by atoms with E-state index in [1.807, 2.05) is 56.3 Å². The van der Waals surface area contributed by atoms with Gasteiger partial charge in [-0.1, -0.05) is 18.2 Å². The average molecular weight is 368 g/mol. The van der Waals surface area contributed by atoms with Gasteiger partial charge in [0, 0.05) is 32.1 Å². The fourth-order valence-corrected chi connectivity index (χ4v) is 2.80. The van der Waals surface area contributed by atoms with Crippen LogP contribution in [0.25, 0.3) is 0 Å². The van der Waals surface area contributed by atoms with Crippen molar-refractivity contribution in [2.24, 2.45) is 0 Å². The Bertz CT molecular complexity index is 785. The summed E-state index contributed by atoms with van der Waals surface area (Å²) < 4.78 is 5.13. The fraction of sp³-hybridized carbons (Fsp3) is 0.364. The maximum atomic E-state index is 12.1. The fourth-order valence-electron chi connectivity index (χ4n) is 2.80. The van der Waals surface area contributed by atoms with Gasteiger partial charge in [-0.25, -0.2) is 0 Å². The summed E-state index contributed by atoms with van der Waals surface area (Å²) in [5.74, 6) is 0.696. The van der Waals surface area contributed by atoms with Gasteiger partial charge in [0.25, 0.3) is 0 Å². The number of rotatable bonds is 8. The minimum Gasteiger partial charge on any atom is -0.497 e. The molecule has 5 heteroatoms. The molecule has 0 aliphatic carbocycles. The van der Waals surface area contributed by atoms with Crippen LogP contribution in [0, 0.1) is 13.8 Å². The Morgan fingerprint density at radius 3 is 2.33 bits per heavy atom. The lowest BCUT2D eigenvalue weighted by Crippen LogP contribution is -2.34. The van der Waals surface area contributed by atoms with Gasteiger partial charge >= 0.3 is 0 Å². The third-order valence-corrected chi connectivity index (χ3v) is 4.64. The van der Waals surface area contributed by atoms with Crippen molar-refractivity contribution in [1.82, 2.24) is 5.32 Å². The van der Waals surface area contributed by atoms with Gasteiger partial charge in [-0.2, -0.15) is 0 Å². The first-order valence-electron chi connectivity index (χ1n) is 9.15. The molecule has 0 bridgehead atoms. The number of carbonyl (C=O) groups is 2. The first kappa shape index (κ1) is 20.5. The summed E-state index contributed by atoms with van der Waals surface area (Å²) in [7, 11) is 1.64. The molecule has 2 aromatic rings. The lowest BCUT2D eigenvalue weighted by atomic mass is 10.1. The quantitative estimate of drug-likeness (QED) is 0.777. The highest BCUT2D eigenvalue weighted by molar-refractivity contribution is 5.92. The number of amides is 2. The predicted molar refractivity (Wildman–Crippen MR) is 108 cm³/mol. The second kappa shape index (κ2) is 9.76. The van der Waals surface area contributed by atoms with Crippen LogP contribution < -0.4 is 15.0 Å². The smallest absolute Gasteiger partial charge is 0.223 e. The third-order valence-electron chi connectivity index (χ3n) is 4.64. The first-order valence-corrected chi connectivity index (χ1v) is 9.15. The van der Waals surface area contributed by atoms with E-state index in [1.54, 1.807) is 12.0 Å². The Morgan fingerprint density at radius 2 is 1.74 bits per heavy atom. The number of ether oxygens (including phenoxy) is 1. The molecule has 2 aromatic carbocycles. The normalized spacial score (nSPS) is 10.4. The van der Waals surface area contributed by atoms with Crippen molar-refractivity contribution in [3.8, 4) is 5.75 Å². The number of aryl methyl sites for hydroxylation is 2. The molecule has 2 rings (SSSR count). The molecule has 0 unspecified atom stereocenters. The second-order valence-electron chi connectivity index (χ2n) is 6.64. The van der Waals surface area contributed by atoms with Crippen molar-refractivity contribution in [2.75, 3.05) is 25.1 Å². The van der Waals surface area contributed by atoms with E-state index in [0.29, 0.717) is 13.1 Å². The Hall–Kier alpha value is -2.82. The maximum absolute atomic E-state index is 12.1. The van der Waals surface area contributed by atoms with Crippen molar-refractivity contribution in [3.63, 3.8) is 0 Å². The molecular weight excluding hydrogens is 340 g/mol. The highest BCUT2D eigenvalue weighted by Gasteiger charge is 2.14. The highest BCUT2D eigenvalue weighted by Crippen LogP contribution is 2.19. The van der Waals surface area contributed by atoms with Gasteiger partial charge in [0.15, 0.2) is 0 Å². The van der Waals surface area contributed by atoms with E-state index in [0.717, 1.165) is 29.0 Å². The van der Waals surface area contributed by atoms with Crippen LogP contribution in [0.15, 0.2) is 42.5 Å². The van der Waals surface area contributed by atoms with Crippen LogP contribution >= 0.6 is 0 Å². The molecule has 0 fully saturated rings. The molecule has 1 N–H and O–H groups in total. The highest BCUT2D eigenvalue weighted by atomic mass is 16.5. The van der Waals surface area contributed by atoms with Crippen molar-refractivity contribution in [2.45, 2.75) is 33.6 Å². The largest absolute Gasteiger partial charge is 0.497 e. The van der Waals surface area contributed by atoms with Crippen molar-refractivity contribution in [3.05, 3.63) is 59.2 Å². The molecule has 0 saturated heterocycles. The van der Waals surface area contributed by atoms with Crippen LogP contribution in [0.5, 0.6) is 5.75 Å². The van der Waals surface area contributed by atoms with E-state index in [1.165, 1.54) is 12.5 Å². The van der Waals surface area contributed by atoms with Gasteiger partial charge in [0.1, 0.15) is 5.75 Å². The van der Waals surface area contributed by atoms with Crippen molar-refractivity contribution in [1.29, 1.82) is 0 Å². The number of hydrogen-bond acceptors (Lipinski definition) is 3. The summed E-state index contributed by atoms with van der Waals surface area (Å²) >= 11 is 0. The minimum atomic E-state index is -0.0655. The molecule has 0 heterocycles. The van der Waals surface area contributed by atoms with Crippen LogP contribution in [0.4, 0.5) is 5.69 Å². The third kappa shape index (κ3) is 6.13. The SMILES string of the molecule is COc1ccc(CCNC(=O)CCN(C(C)=O)c2ccc(C)c(C)c2)cc1. The van der Waals surface area contributed by atoms with E-state index < -0.39 is 0 Å². The summed E-state index contributed by atoms with van der Waals surface area (Å²) in [6, 6.07) is 13.7. The van der Waals surface area contributed by atoms with Crippen LogP contribution in [0.1, 0.15) is 30.0 Å². The minimum absolute atomic E-state index is 0.0569. The van der Waals surface area contributed by atoms with Crippen LogP contribution in [0.2, 0.25) is 0 Å². The van der Waals surface area contributed by atoms with Crippen molar-refractivity contribution < 1.29 is 14.3 Å². The maximum Gasteiger partial charge on any atom is 0.223 e. The van der Waals surface area contributed by atoms with Gasteiger partial charge in [-0.15, -0.1) is 0 Å². The molecule has 144 valence electrons. The van der Waals surface area contributed by atoms with E-state index in [9.17, 15) is 9.59 Å². The zero-order valence-corrected chi connectivity index (χ0v) is 16.5. The van der Waals surface area contributed by atoms with Crippen LogP contribution in [0.3, 0.4) is 0 Å². The Kier molecular flexibility index (Phi) is 7.41. The Labute approximate surface area is 161 Å². The lowest BCUT2D eigenvalue weighted by molar-refractivity contribution is -0.121. The number of hydrogen-bond donors (Lipinski definition) is 1. The Balaban J connectivity index is 1.82. The topological polar surface area (TPSA) is 58.6 Å². The van der Waals surface area contributed by atoms with Crippen LogP contribution in [-0.4, -0.2) is 32.0 Å². The van der Waals surface area contributed by atoms with Gasteiger partial charge in [0.2, 0.25) is 11.8 Å². The van der Waals surface area contributed by atoms with Gasteiger partial charge in [-0.05, 0) is 61.2 Å². The number of nitrogens with zero attached hydrogens (tertiary/aromatic N) is 1. The second-order valence-corrected chi connectivity index (χ2v) is 6.64. The zero-order valence-electron chi connectivity index (χ0n) is 16.5. The molecule has 0 atom stereocenters. The molecule has 5 nitrogen and oxygen atoms in total. The lowest BCUT2D eigenvalue weighted by Gasteiger charge is -2.22. The zero-order chi connectivity index (χ0) is 19.8. The summed E-state index contributed by atoms with van der Waals surface area (Å²) in [5, 5.41) is 2.92. The van der Waals surface area contributed by atoms with Crippen molar-refractivity contribution >= 4 is 17.5 Å². The molecule has 0 spiro atoms. The summed E-state index contributed by atoms with van der Waals surface area (Å²) in [5.41, 5.74) is 4.27. The number of nitrogens with one attached hydrogen (secondary N) is 1. The molecule has 27 heavy (non-hydrogen) atoms. The summed E-state index contributed by atoms with van der Waals surface area (Å²) in [4.78, 5) is 25.8. The molecule has 0 aromatic heterocycles. The molecule has 2 amide bonds. The average Bonchev–Trinajstić information content (AvgIpc) is 2.65. The van der Waals surface area contributed by atoms with E-state index in [4.69, 9.17) is 4.74 Å². The molecular formula is C22H28N2O3. The van der Waals surface area contributed by atoms with Gasteiger partial charge in [0.05, 0.1) is 7.11 Å². The number of benzene rings is 2. The molecule has 0 saturated carbocycles. The number of anilines is 1. The predicted octanol–water partition coefficient (Wildman–Crippen LogP) is 3.41. The molecule has 0 radical (unpaired) electrons. The number of carbonyl (C=O) groups excluding carboxylic acids is 2. The van der Waals surface area contributed by atoms with Crippen LogP contribution in [-0.2, 0) is 16.0 Å². The molecule has 0 aliphatic rings. The Morgan fingerprint density at radius 1 is 1.04 bits per heavy atom. The monoisotopic (exact) mass is 368 g/mol. The van der Waals surface area contributed by atoms with E-state index in [-0.39, 0.29) is 18.2 Å².